The van der Waals surface area contributed by atoms with E-state index in [1.165, 1.54) is 16.8 Å². The third-order valence-electron chi connectivity index (χ3n) is 3.97. The lowest BCUT2D eigenvalue weighted by atomic mass is 10.1. The van der Waals surface area contributed by atoms with Crippen LogP contribution in [0.15, 0.2) is 18.3 Å². The minimum atomic E-state index is -2.27. The highest BCUT2D eigenvalue weighted by Gasteiger charge is 2.28. The maximum atomic E-state index is 14.0. The molecule has 0 saturated heterocycles. The minimum absolute atomic E-state index is 0.0543. The zero-order valence-corrected chi connectivity index (χ0v) is 13.2. The molecule has 2 aromatic heterocycles. The molecular formula is C16H8F5N5O. The third-order valence-corrected chi connectivity index (χ3v) is 3.97. The molecule has 0 saturated carbocycles. The Bertz CT molecular complexity index is 1070. The van der Waals surface area contributed by atoms with Crippen LogP contribution in [0.5, 0.6) is 0 Å². The molecule has 3 aromatic rings. The molecule has 6 nitrogen and oxygen atoms in total. The lowest BCUT2D eigenvalue weighted by Crippen LogP contribution is -2.35. The van der Waals surface area contributed by atoms with E-state index in [0.717, 1.165) is 6.20 Å². The van der Waals surface area contributed by atoms with Crippen molar-refractivity contribution in [3.8, 4) is 22.8 Å². The number of carbonyl (C=O) groups excluding carboxylic acids is 1. The van der Waals surface area contributed by atoms with Crippen molar-refractivity contribution < 1.29 is 26.7 Å². The summed E-state index contributed by atoms with van der Waals surface area (Å²) in [5, 5.41) is 6.79. The van der Waals surface area contributed by atoms with Crippen LogP contribution in [0.25, 0.3) is 22.8 Å². The van der Waals surface area contributed by atoms with Crippen LogP contribution >= 0.6 is 0 Å². The number of nitrogens with one attached hydrogen (secondary N) is 1. The lowest BCUT2D eigenvalue weighted by molar-refractivity contribution is 0.0924. The summed E-state index contributed by atoms with van der Waals surface area (Å²) < 4.78 is 69.5. The number of nitrogens with zero attached hydrogens (tertiary/aromatic N) is 4. The van der Waals surface area contributed by atoms with E-state index in [9.17, 15) is 26.7 Å². The molecule has 3 heterocycles. The van der Waals surface area contributed by atoms with Crippen LogP contribution in [-0.2, 0) is 6.54 Å². The minimum Gasteiger partial charge on any atom is -0.349 e. The van der Waals surface area contributed by atoms with Crippen LogP contribution in [0.1, 0.15) is 10.5 Å². The summed E-state index contributed by atoms with van der Waals surface area (Å²) in [6.45, 7) is 0.795. The van der Waals surface area contributed by atoms with Gasteiger partial charge in [0.1, 0.15) is 11.4 Å². The van der Waals surface area contributed by atoms with Crippen molar-refractivity contribution in [2.24, 2.45) is 0 Å². The first-order valence-electron chi connectivity index (χ1n) is 7.59. The van der Waals surface area contributed by atoms with E-state index in [-0.39, 0.29) is 23.0 Å². The first-order chi connectivity index (χ1) is 12.9. The topological polar surface area (TPSA) is 72.7 Å². The standard InChI is InChI=1S/C16H8F5N5O/c17-10-9(11(18)13(20)14(21)12(10)19)15-22-2-1-6(24-15)7-5-8-16(27)23-3-4-26(8)25-7/h1-2,5H,3-4H2,(H,23,27). The summed E-state index contributed by atoms with van der Waals surface area (Å²) >= 11 is 0. The molecule has 1 aliphatic rings. The van der Waals surface area contributed by atoms with Crippen LogP contribution < -0.4 is 5.32 Å². The Labute approximate surface area is 147 Å². The summed E-state index contributed by atoms with van der Waals surface area (Å²) in [5.41, 5.74) is -0.740. The van der Waals surface area contributed by atoms with Gasteiger partial charge in [0.25, 0.3) is 5.91 Å². The van der Waals surface area contributed by atoms with Crippen LogP contribution in [0.4, 0.5) is 22.0 Å². The van der Waals surface area contributed by atoms with Gasteiger partial charge in [-0.3, -0.25) is 9.48 Å². The fourth-order valence-electron chi connectivity index (χ4n) is 2.68. The normalized spacial score (nSPS) is 13.4. The van der Waals surface area contributed by atoms with Gasteiger partial charge in [-0.25, -0.2) is 31.9 Å². The zero-order valence-electron chi connectivity index (χ0n) is 13.2. The second kappa shape index (κ2) is 6.11. The molecule has 138 valence electrons. The van der Waals surface area contributed by atoms with E-state index in [1.807, 2.05) is 0 Å². The molecule has 4 rings (SSSR count). The van der Waals surface area contributed by atoms with Crippen molar-refractivity contribution in [3.05, 3.63) is 53.1 Å². The number of hydrogen-bond acceptors (Lipinski definition) is 4. The van der Waals surface area contributed by atoms with Gasteiger partial charge >= 0.3 is 0 Å². The first-order valence-corrected chi connectivity index (χ1v) is 7.59. The van der Waals surface area contributed by atoms with Crippen LogP contribution in [0.3, 0.4) is 0 Å². The molecule has 1 aliphatic heterocycles. The highest BCUT2D eigenvalue weighted by atomic mass is 19.2. The summed E-state index contributed by atoms with van der Waals surface area (Å²) in [6, 6.07) is 2.74. The predicted molar refractivity (Wildman–Crippen MR) is 80.8 cm³/mol. The Morgan fingerprint density at radius 3 is 2.30 bits per heavy atom. The zero-order chi connectivity index (χ0) is 19.3. The number of amides is 1. The van der Waals surface area contributed by atoms with E-state index in [2.05, 4.69) is 20.4 Å². The quantitative estimate of drug-likeness (QED) is 0.421. The molecule has 0 fully saturated rings. The fraction of sp³-hybridized carbons (Fsp3) is 0.125. The van der Waals surface area contributed by atoms with Gasteiger partial charge in [0.2, 0.25) is 5.82 Å². The molecule has 11 heteroatoms. The number of hydrogen-bond donors (Lipinski definition) is 1. The van der Waals surface area contributed by atoms with Crippen LogP contribution in [-0.4, -0.2) is 32.2 Å². The second-order valence-corrected chi connectivity index (χ2v) is 5.60. The molecule has 27 heavy (non-hydrogen) atoms. The predicted octanol–water partition coefficient (Wildman–Crippen LogP) is 2.45. The average molecular weight is 381 g/mol. The molecule has 1 amide bonds. The Kier molecular flexibility index (Phi) is 3.86. The Morgan fingerprint density at radius 1 is 0.963 bits per heavy atom. The molecule has 0 radical (unpaired) electrons. The fourth-order valence-corrected chi connectivity index (χ4v) is 2.68. The number of fused-ring (bicyclic) bond motifs is 1. The van der Waals surface area contributed by atoms with E-state index < -0.39 is 40.5 Å². The number of aromatic nitrogens is 4. The SMILES string of the molecule is O=C1NCCn2nc(-c3ccnc(-c4c(F)c(F)c(F)c(F)c4F)n3)cc21. The molecule has 0 unspecified atom stereocenters. The van der Waals surface area contributed by atoms with Crippen molar-refractivity contribution in [1.82, 2.24) is 25.1 Å². The average Bonchev–Trinajstić information content (AvgIpc) is 3.11. The Balaban J connectivity index is 1.85. The van der Waals surface area contributed by atoms with Gasteiger partial charge in [-0.1, -0.05) is 0 Å². The summed E-state index contributed by atoms with van der Waals surface area (Å²) in [7, 11) is 0. The maximum absolute atomic E-state index is 14.0. The van der Waals surface area contributed by atoms with E-state index >= 15 is 0 Å². The van der Waals surface area contributed by atoms with Gasteiger partial charge in [-0.2, -0.15) is 5.10 Å². The molecule has 1 N–H and O–H groups in total. The number of halogens is 5. The molecular weight excluding hydrogens is 373 g/mol. The largest absolute Gasteiger partial charge is 0.349 e. The molecule has 0 atom stereocenters. The lowest BCUT2D eigenvalue weighted by Gasteiger charge is -2.13. The highest BCUT2D eigenvalue weighted by Crippen LogP contribution is 2.30. The summed E-state index contributed by atoms with van der Waals surface area (Å²) in [4.78, 5) is 19.3. The van der Waals surface area contributed by atoms with Gasteiger partial charge in [0, 0.05) is 12.7 Å². The molecule has 1 aromatic carbocycles. The number of benzene rings is 1. The monoisotopic (exact) mass is 381 g/mol. The highest BCUT2D eigenvalue weighted by molar-refractivity contribution is 5.94. The molecule has 0 spiro atoms. The van der Waals surface area contributed by atoms with Crippen LogP contribution in [0.2, 0.25) is 0 Å². The Hall–Kier alpha value is -3.37. The van der Waals surface area contributed by atoms with E-state index in [1.54, 1.807) is 0 Å². The maximum Gasteiger partial charge on any atom is 0.269 e. The first kappa shape index (κ1) is 17.1. The van der Waals surface area contributed by atoms with Crippen molar-refractivity contribution in [2.75, 3.05) is 6.54 Å². The van der Waals surface area contributed by atoms with Gasteiger partial charge in [0.15, 0.2) is 29.1 Å². The van der Waals surface area contributed by atoms with Crippen molar-refractivity contribution in [2.45, 2.75) is 6.54 Å². The van der Waals surface area contributed by atoms with Gasteiger partial charge < -0.3 is 5.32 Å². The van der Waals surface area contributed by atoms with Crippen molar-refractivity contribution >= 4 is 5.91 Å². The summed E-state index contributed by atoms with van der Waals surface area (Å²) in [6.07, 6.45) is 1.09. The van der Waals surface area contributed by atoms with Gasteiger partial charge in [0.05, 0.1) is 17.8 Å². The van der Waals surface area contributed by atoms with Gasteiger partial charge in [-0.05, 0) is 12.1 Å². The number of rotatable bonds is 2. The van der Waals surface area contributed by atoms with Gasteiger partial charge in [-0.15, -0.1) is 0 Å². The smallest absolute Gasteiger partial charge is 0.269 e. The Morgan fingerprint density at radius 2 is 1.63 bits per heavy atom. The molecule has 0 bridgehead atoms. The van der Waals surface area contributed by atoms with Crippen molar-refractivity contribution in [3.63, 3.8) is 0 Å². The van der Waals surface area contributed by atoms with Crippen LogP contribution in [0, 0.1) is 29.1 Å². The number of carbonyl (C=O) groups is 1. The van der Waals surface area contributed by atoms with E-state index in [0.29, 0.717) is 13.1 Å². The van der Waals surface area contributed by atoms with Crippen molar-refractivity contribution in [1.29, 1.82) is 0 Å². The second-order valence-electron chi connectivity index (χ2n) is 5.60. The summed E-state index contributed by atoms with van der Waals surface area (Å²) in [5.74, 6) is -11.6. The molecule has 0 aliphatic carbocycles. The van der Waals surface area contributed by atoms with E-state index in [4.69, 9.17) is 0 Å². The third kappa shape index (κ3) is 2.62.